The fourth-order valence-electron chi connectivity index (χ4n) is 9.10. The Hall–Kier alpha value is -4.95. The van der Waals surface area contributed by atoms with E-state index >= 15 is 0 Å². The summed E-state index contributed by atoms with van der Waals surface area (Å²) >= 11 is 1.39. The second-order valence-electron chi connectivity index (χ2n) is 18.3. The first-order valence-electron chi connectivity index (χ1n) is 21.9. The number of ether oxygens (including phenoxy) is 2. The average Bonchev–Trinajstić information content (AvgIpc) is 3.83. The summed E-state index contributed by atoms with van der Waals surface area (Å²) in [6.45, 7) is 13.3. The summed E-state index contributed by atoms with van der Waals surface area (Å²) in [4.78, 5) is 69.0. The molecule has 0 aliphatic carbocycles. The number of nitrogens with zero attached hydrogens (tertiary/aromatic N) is 6. The second kappa shape index (κ2) is 18.9. The van der Waals surface area contributed by atoms with Gasteiger partial charge in [0.05, 0.1) is 47.1 Å². The van der Waals surface area contributed by atoms with Crippen LogP contribution in [0.25, 0.3) is 33.4 Å². The third-order valence-corrected chi connectivity index (χ3v) is 13.9. The Morgan fingerprint density at radius 3 is 2.59 bits per heavy atom. The molecule has 6 heterocycles. The highest BCUT2D eigenvalue weighted by Crippen LogP contribution is 2.42. The maximum absolute atomic E-state index is 14.5. The topological polar surface area (TPSA) is 197 Å². The van der Waals surface area contributed by atoms with Gasteiger partial charge in [-0.05, 0) is 68.9 Å². The van der Waals surface area contributed by atoms with Gasteiger partial charge in [0.1, 0.15) is 18.1 Å². The smallest absolute Gasteiger partial charge is 0.324 e. The molecule has 19 heteroatoms. The van der Waals surface area contributed by atoms with Crippen LogP contribution in [0.15, 0.2) is 41.9 Å². The number of rotatable bonds is 10. The number of aromatic nitrogens is 3. The van der Waals surface area contributed by atoms with E-state index in [1.165, 1.54) is 33.2 Å². The summed E-state index contributed by atoms with van der Waals surface area (Å²) in [5.41, 5.74) is 9.14. The van der Waals surface area contributed by atoms with E-state index in [0.717, 1.165) is 50.9 Å². The number of carbonyl (C=O) groups excluding carboxylic acids is 4. The number of carbonyl (C=O) groups is 4. The van der Waals surface area contributed by atoms with Gasteiger partial charge in [0, 0.05) is 85.8 Å². The maximum Gasteiger partial charge on any atom is 0.324 e. The van der Waals surface area contributed by atoms with Gasteiger partial charge in [-0.1, -0.05) is 33.8 Å². The molecule has 4 aromatic rings. The molecule has 64 heavy (non-hydrogen) atoms. The van der Waals surface area contributed by atoms with Crippen LogP contribution in [-0.4, -0.2) is 132 Å². The van der Waals surface area contributed by atoms with E-state index in [2.05, 4.69) is 59.0 Å². The number of pyridine rings is 1. The van der Waals surface area contributed by atoms with Gasteiger partial charge in [-0.15, -0.1) is 11.3 Å². The summed E-state index contributed by atoms with van der Waals surface area (Å²) in [5, 5.41) is 7.97. The van der Waals surface area contributed by atoms with Crippen LogP contribution in [0.5, 0.6) is 0 Å². The lowest BCUT2D eigenvalue weighted by molar-refractivity contribution is -0.155. The van der Waals surface area contributed by atoms with Crippen LogP contribution in [0.2, 0.25) is 0 Å². The first-order valence-corrected chi connectivity index (χ1v) is 24.7. The molecule has 0 spiro atoms. The molecular weight excluding hydrogens is 859 g/mol. The quantitative estimate of drug-likeness (QED) is 0.189. The number of hydrogen-bond acceptors (Lipinski definition) is 12. The van der Waals surface area contributed by atoms with Gasteiger partial charge in [0.2, 0.25) is 15.9 Å². The van der Waals surface area contributed by atoms with Gasteiger partial charge in [-0.3, -0.25) is 24.4 Å². The minimum Gasteiger partial charge on any atom is -0.464 e. The molecule has 6 bridgehead atoms. The zero-order chi connectivity index (χ0) is 46.2. The highest BCUT2D eigenvalue weighted by atomic mass is 32.2. The number of amides is 4. The number of esters is 1. The molecule has 1 unspecified atom stereocenters. The van der Waals surface area contributed by atoms with Gasteiger partial charge < -0.3 is 29.2 Å². The minimum atomic E-state index is -3.45. The van der Waals surface area contributed by atoms with Gasteiger partial charge in [0.25, 0.3) is 5.91 Å². The number of sulfonamides is 1. The van der Waals surface area contributed by atoms with E-state index in [1.54, 1.807) is 13.3 Å². The molecule has 3 N–H and O–H groups in total. The molecular formula is C45H61N9O8S2. The molecule has 0 saturated carbocycles. The Morgan fingerprint density at radius 2 is 1.91 bits per heavy atom. The van der Waals surface area contributed by atoms with Crippen LogP contribution in [-0.2, 0) is 53.3 Å². The lowest BCUT2D eigenvalue weighted by atomic mass is 9.84. The van der Waals surface area contributed by atoms with Crippen LogP contribution >= 0.6 is 11.3 Å². The molecule has 7 rings (SSSR count). The van der Waals surface area contributed by atoms with Crippen molar-refractivity contribution in [3.8, 4) is 22.5 Å². The molecule has 3 aliphatic rings. The molecule has 17 nitrogen and oxygen atoms in total. The number of thiazole rings is 1. The predicted octanol–water partition coefficient (Wildman–Crippen LogP) is 4.51. The van der Waals surface area contributed by atoms with E-state index in [1.807, 2.05) is 38.3 Å². The van der Waals surface area contributed by atoms with Gasteiger partial charge in [0.15, 0.2) is 0 Å². The molecule has 346 valence electrons. The van der Waals surface area contributed by atoms with Crippen molar-refractivity contribution in [3.05, 3.63) is 58.2 Å². The zero-order valence-electron chi connectivity index (χ0n) is 38.1. The number of hydrogen-bond donors (Lipinski definition) is 3. The molecule has 3 aliphatic heterocycles. The van der Waals surface area contributed by atoms with Crippen molar-refractivity contribution in [2.24, 2.45) is 11.3 Å². The first kappa shape index (κ1) is 47.0. The van der Waals surface area contributed by atoms with Crippen molar-refractivity contribution in [1.29, 1.82) is 0 Å². The highest BCUT2D eigenvalue weighted by Gasteiger charge is 2.41. The molecule has 2 fully saturated rings. The van der Waals surface area contributed by atoms with E-state index in [-0.39, 0.29) is 38.1 Å². The normalized spacial score (nSPS) is 20.7. The Balaban J connectivity index is 1.26. The maximum atomic E-state index is 14.5. The Morgan fingerprint density at radius 1 is 1.16 bits per heavy atom. The van der Waals surface area contributed by atoms with Crippen LogP contribution in [0, 0.1) is 11.3 Å². The van der Waals surface area contributed by atoms with Crippen LogP contribution in [0.3, 0.4) is 0 Å². The van der Waals surface area contributed by atoms with Gasteiger partial charge in [-0.2, -0.15) is 0 Å². The van der Waals surface area contributed by atoms with Crippen molar-refractivity contribution in [3.63, 3.8) is 0 Å². The fraction of sp³-hybridized carbons (Fsp3) is 0.556. The van der Waals surface area contributed by atoms with Crippen molar-refractivity contribution < 1.29 is 37.1 Å². The molecule has 2 saturated heterocycles. The van der Waals surface area contributed by atoms with Crippen LogP contribution < -0.4 is 15.5 Å². The number of likely N-dealkylation sites (N-methyl/N-ethyl adjacent to an activating group) is 1. The number of benzene rings is 1. The van der Waals surface area contributed by atoms with Gasteiger partial charge >= 0.3 is 12.0 Å². The van der Waals surface area contributed by atoms with E-state index in [4.69, 9.17) is 19.4 Å². The first-order chi connectivity index (χ1) is 30.3. The zero-order valence-corrected chi connectivity index (χ0v) is 39.8. The summed E-state index contributed by atoms with van der Waals surface area (Å²) in [5.74, 6) is -1.81. The number of nitrogens with one attached hydrogen (secondary N) is 3. The summed E-state index contributed by atoms with van der Waals surface area (Å²) in [6.07, 6.45) is 4.18. The molecule has 4 amide bonds. The monoisotopic (exact) mass is 919 g/mol. The van der Waals surface area contributed by atoms with E-state index in [0.29, 0.717) is 37.4 Å². The third kappa shape index (κ3) is 9.97. The SMILES string of the molecule is CCn1c(-c2cccnc2[C@H](C)OC)c2c3cc(ccc31)-c1csc(n1)CC(NC(=O)[C@H](C(C)C)N(C)C(=O)N1CC(NS(C)(=O)=O)C1)C(=O)N1CCC[C@H](N1)C(=O)OCC(C)(C)C2. The molecule has 3 aromatic heterocycles. The standard InChI is InChI=1S/C45H61N9O8S2/c1-10-53-36-16-15-28-19-31(36)32(40(53)30-13-11-17-46-38(30)27(4)61-8)21-45(5,6)25-62-43(57)33-14-12-18-54(49-33)42(56)34(20-37-47-35(28)24-63-37)48-41(55)39(26(2)3)51(7)44(58)52-22-29(23-52)50-64(9,59)60/h11,13,15-17,19,24,26-27,29,33-34,39,49-50H,10,12,14,18,20-23,25H2,1-9H3,(H,48,55)/t27-,33-,34?,39-/m0/s1. The number of methoxy groups -OCH3 is 1. The third-order valence-electron chi connectivity index (χ3n) is 12.3. The molecule has 1 aromatic carbocycles. The van der Waals surface area contributed by atoms with E-state index in [9.17, 15) is 27.6 Å². The Bertz CT molecular complexity index is 2510. The van der Waals surface area contributed by atoms with Crippen LogP contribution in [0.4, 0.5) is 4.79 Å². The van der Waals surface area contributed by atoms with Crippen molar-refractivity contribution in [1.82, 2.24) is 44.8 Å². The minimum absolute atomic E-state index is 0.0511. The number of fused-ring (bicyclic) bond motifs is 6. The highest BCUT2D eigenvalue weighted by molar-refractivity contribution is 7.88. The molecule has 0 radical (unpaired) electrons. The Labute approximate surface area is 379 Å². The number of cyclic esters (lactones) is 1. The number of urea groups is 1. The second-order valence-corrected chi connectivity index (χ2v) is 21.1. The summed E-state index contributed by atoms with van der Waals surface area (Å²) < 4.78 is 40.1. The largest absolute Gasteiger partial charge is 0.464 e. The number of aryl methyl sites for hydroxylation is 1. The average molecular weight is 920 g/mol. The Kier molecular flexibility index (Phi) is 13.9. The van der Waals surface area contributed by atoms with Crippen molar-refractivity contribution in [2.75, 3.05) is 46.7 Å². The number of hydrazine groups is 1. The fourth-order valence-corrected chi connectivity index (χ4v) is 10.7. The predicted molar refractivity (Wildman–Crippen MR) is 244 cm³/mol. The summed E-state index contributed by atoms with van der Waals surface area (Å²) in [6, 6.07) is 6.61. The number of likely N-dealkylation sites (tertiary alicyclic amines) is 1. The van der Waals surface area contributed by atoms with E-state index < -0.39 is 63.4 Å². The van der Waals surface area contributed by atoms with Crippen molar-refractivity contribution >= 4 is 56.1 Å². The summed E-state index contributed by atoms with van der Waals surface area (Å²) in [7, 11) is -0.245. The van der Waals surface area contributed by atoms with Crippen LogP contribution in [0.1, 0.15) is 76.8 Å². The molecule has 4 atom stereocenters. The van der Waals surface area contributed by atoms with Gasteiger partial charge in [-0.25, -0.2) is 28.3 Å². The lowest BCUT2D eigenvalue weighted by Crippen LogP contribution is -2.65. The van der Waals surface area contributed by atoms with Crippen molar-refractivity contribution in [2.45, 2.75) is 104 Å². The lowest BCUT2D eigenvalue weighted by Gasteiger charge is -2.43.